The Kier molecular flexibility index (Phi) is 4.46. The van der Waals surface area contributed by atoms with Crippen molar-refractivity contribution in [3.05, 3.63) is 48.5 Å². The highest BCUT2D eigenvalue weighted by Gasteiger charge is 2.38. The number of aromatic nitrogens is 5. The number of anilines is 1. The fraction of sp³-hybridized carbons (Fsp3) is 0.391. The molecule has 0 aliphatic heterocycles. The molecule has 8 nitrogen and oxygen atoms in total. The number of carbonyl (C=O) groups excluding carboxylic acids is 1. The van der Waals surface area contributed by atoms with E-state index in [1.54, 1.807) is 30.1 Å². The van der Waals surface area contributed by atoms with Crippen LogP contribution in [0.3, 0.4) is 0 Å². The van der Waals surface area contributed by atoms with Crippen LogP contribution in [0.25, 0.3) is 16.6 Å². The summed E-state index contributed by atoms with van der Waals surface area (Å²) in [5.41, 5.74) is 2.69. The van der Waals surface area contributed by atoms with Crippen molar-refractivity contribution < 1.29 is 9.53 Å². The molecule has 0 atom stereocenters. The summed E-state index contributed by atoms with van der Waals surface area (Å²) in [5.74, 6) is 0.996. The molecule has 0 unspecified atom stereocenters. The average molecular weight is 419 g/mol. The largest absolute Gasteiger partial charge is 0.494 e. The average Bonchev–Trinajstić information content (AvgIpc) is 3.28. The van der Waals surface area contributed by atoms with Crippen molar-refractivity contribution in [3.8, 4) is 5.75 Å². The second-order valence-electron chi connectivity index (χ2n) is 9.31. The minimum Gasteiger partial charge on any atom is -0.494 e. The van der Waals surface area contributed by atoms with Crippen LogP contribution in [-0.2, 0) is 0 Å². The van der Waals surface area contributed by atoms with Gasteiger partial charge >= 0.3 is 0 Å². The van der Waals surface area contributed by atoms with E-state index in [-0.39, 0.29) is 5.91 Å². The summed E-state index contributed by atoms with van der Waals surface area (Å²) in [7, 11) is 1.59. The molecule has 3 heterocycles. The number of rotatable bonds is 4. The monoisotopic (exact) mass is 418 g/mol. The van der Waals surface area contributed by atoms with Crippen LogP contribution in [0.4, 0.5) is 5.69 Å². The first-order valence-electron chi connectivity index (χ1n) is 10.5. The Morgan fingerprint density at radius 1 is 1.26 bits per heavy atom. The van der Waals surface area contributed by atoms with Gasteiger partial charge in [-0.05, 0) is 36.3 Å². The zero-order valence-corrected chi connectivity index (χ0v) is 18.2. The van der Waals surface area contributed by atoms with E-state index in [9.17, 15) is 4.79 Å². The maximum absolute atomic E-state index is 12.9. The molecular formula is C23H26N6O2. The molecule has 4 aromatic rings. The minimum atomic E-state index is -0.286. The Morgan fingerprint density at radius 3 is 2.81 bits per heavy atom. The van der Waals surface area contributed by atoms with Crippen LogP contribution >= 0.6 is 0 Å². The van der Waals surface area contributed by atoms with Crippen LogP contribution < -0.4 is 10.1 Å². The van der Waals surface area contributed by atoms with E-state index < -0.39 is 0 Å². The molecule has 160 valence electrons. The normalized spacial score (nSPS) is 18.8. The fourth-order valence-corrected chi connectivity index (χ4v) is 4.21. The third-order valence-corrected chi connectivity index (χ3v) is 6.33. The summed E-state index contributed by atoms with van der Waals surface area (Å²) in [5, 5.41) is 12.9. The molecule has 1 amide bonds. The second-order valence-corrected chi connectivity index (χ2v) is 9.31. The summed E-state index contributed by atoms with van der Waals surface area (Å²) >= 11 is 0. The van der Waals surface area contributed by atoms with E-state index >= 15 is 0 Å². The van der Waals surface area contributed by atoms with E-state index in [1.165, 1.54) is 6.20 Å². The summed E-state index contributed by atoms with van der Waals surface area (Å²) in [6, 6.07) is 5.97. The molecule has 1 aromatic carbocycles. The number of hydrogen-bond donors (Lipinski definition) is 1. The van der Waals surface area contributed by atoms with E-state index in [0.717, 1.165) is 23.7 Å². The number of methoxy groups -OCH3 is 1. The predicted molar refractivity (Wildman–Crippen MR) is 118 cm³/mol. The van der Waals surface area contributed by atoms with Gasteiger partial charge in [0.25, 0.3) is 5.91 Å². The molecule has 5 rings (SSSR count). The van der Waals surface area contributed by atoms with Crippen molar-refractivity contribution in [2.45, 2.75) is 39.7 Å². The molecule has 0 radical (unpaired) electrons. The van der Waals surface area contributed by atoms with E-state index in [4.69, 9.17) is 9.84 Å². The summed E-state index contributed by atoms with van der Waals surface area (Å²) < 4.78 is 9.17. The van der Waals surface area contributed by atoms with E-state index in [1.807, 2.05) is 12.1 Å². The Morgan fingerprint density at radius 2 is 2.06 bits per heavy atom. The lowest BCUT2D eigenvalue weighted by molar-refractivity contribution is 0.0757. The number of benzene rings is 1. The molecule has 1 saturated carbocycles. The smallest absolute Gasteiger partial charge is 0.261 e. The number of fused-ring (bicyclic) bond motifs is 2. The van der Waals surface area contributed by atoms with Gasteiger partial charge in [-0.15, -0.1) is 0 Å². The summed E-state index contributed by atoms with van der Waals surface area (Å²) in [6.07, 6.45) is 9.25. The number of ether oxygens (including phenoxy) is 1. The molecule has 0 spiro atoms. The summed E-state index contributed by atoms with van der Waals surface area (Å²) in [4.78, 5) is 17.2. The Hall–Kier alpha value is -3.42. The highest BCUT2D eigenvalue weighted by Crippen LogP contribution is 2.47. The number of hydrogen-bond acceptors (Lipinski definition) is 5. The topological polar surface area (TPSA) is 86.3 Å². The Balaban J connectivity index is 1.42. The number of nitrogens with zero attached hydrogens (tertiary/aromatic N) is 5. The zero-order chi connectivity index (χ0) is 21.8. The van der Waals surface area contributed by atoms with Gasteiger partial charge in [0, 0.05) is 30.0 Å². The van der Waals surface area contributed by atoms with Crippen LogP contribution in [-0.4, -0.2) is 37.4 Å². The van der Waals surface area contributed by atoms with Gasteiger partial charge in [-0.25, -0.2) is 9.50 Å². The molecule has 31 heavy (non-hydrogen) atoms. The standard InChI is InChI=1S/C23H26N6O2/c1-23(2,3)15-9-16(10-15)29-13-14-8-19(20(31-4)11-18(14)27-29)26-22(30)17-12-25-28-7-5-6-24-21(17)28/h5-8,11-13,15-16H,9-10H2,1-4H3,(H,26,30). The zero-order valence-electron chi connectivity index (χ0n) is 18.2. The first-order valence-corrected chi connectivity index (χ1v) is 10.5. The lowest BCUT2D eigenvalue weighted by Crippen LogP contribution is -2.35. The number of nitrogens with one attached hydrogen (secondary N) is 1. The third kappa shape index (κ3) is 3.41. The fourth-order valence-electron chi connectivity index (χ4n) is 4.21. The van der Waals surface area contributed by atoms with Crippen LogP contribution in [0.15, 0.2) is 43.0 Å². The first kappa shape index (κ1) is 19.5. The van der Waals surface area contributed by atoms with Gasteiger partial charge in [-0.3, -0.25) is 9.48 Å². The highest BCUT2D eigenvalue weighted by molar-refractivity contribution is 6.09. The van der Waals surface area contributed by atoms with Gasteiger partial charge in [-0.2, -0.15) is 10.2 Å². The van der Waals surface area contributed by atoms with Crippen LogP contribution in [0.2, 0.25) is 0 Å². The highest BCUT2D eigenvalue weighted by atomic mass is 16.5. The predicted octanol–water partition coefficient (Wildman–Crippen LogP) is 4.34. The molecule has 1 aliphatic carbocycles. The maximum Gasteiger partial charge on any atom is 0.261 e. The minimum absolute atomic E-state index is 0.286. The van der Waals surface area contributed by atoms with E-state index in [0.29, 0.717) is 40.0 Å². The molecule has 3 aromatic heterocycles. The molecular weight excluding hydrogens is 392 g/mol. The molecule has 8 heteroatoms. The van der Waals surface area contributed by atoms with Crippen molar-refractivity contribution in [2.75, 3.05) is 12.4 Å². The van der Waals surface area contributed by atoms with Gasteiger partial charge in [0.05, 0.1) is 30.6 Å². The van der Waals surface area contributed by atoms with Gasteiger partial charge in [0.15, 0.2) is 5.65 Å². The third-order valence-electron chi connectivity index (χ3n) is 6.33. The molecule has 0 saturated heterocycles. The second kappa shape index (κ2) is 7.08. The van der Waals surface area contributed by atoms with Gasteiger partial charge < -0.3 is 10.1 Å². The van der Waals surface area contributed by atoms with E-state index in [2.05, 4.69) is 47.0 Å². The SMILES string of the molecule is COc1cc2nn(C3CC(C(C)(C)C)C3)cc2cc1NC(=O)c1cnn2cccnc12. The molecule has 1 fully saturated rings. The molecule has 1 aliphatic rings. The molecule has 1 N–H and O–H groups in total. The maximum atomic E-state index is 12.9. The molecule has 0 bridgehead atoms. The number of carbonyl (C=O) groups is 1. The van der Waals surface area contributed by atoms with Crippen molar-refractivity contribution >= 4 is 28.1 Å². The Labute approximate surface area is 180 Å². The van der Waals surface area contributed by atoms with Crippen LogP contribution in [0.5, 0.6) is 5.75 Å². The van der Waals surface area contributed by atoms with Crippen LogP contribution in [0.1, 0.15) is 50.0 Å². The number of amides is 1. The van der Waals surface area contributed by atoms with Gasteiger partial charge in [0.1, 0.15) is 11.3 Å². The lowest BCUT2D eigenvalue weighted by atomic mass is 9.66. The quantitative estimate of drug-likeness (QED) is 0.533. The van der Waals surface area contributed by atoms with Crippen molar-refractivity contribution in [1.82, 2.24) is 24.4 Å². The van der Waals surface area contributed by atoms with Gasteiger partial charge in [0.2, 0.25) is 0 Å². The van der Waals surface area contributed by atoms with Crippen molar-refractivity contribution in [2.24, 2.45) is 11.3 Å². The van der Waals surface area contributed by atoms with Gasteiger partial charge in [-0.1, -0.05) is 20.8 Å². The van der Waals surface area contributed by atoms with Crippen LogP contribution in [0, 0.1) is 11.3 Å². The first-order chi connectivity index (χ1) is 14.8. The lowest BCUT2D eigenvalue weighted by Gasteiger charge is -2.43. The summed E-state index contributed by atoms with van der Waals surface area (Å²) in [6.45, 7) is 6.90. The Bertz CT molecular complexity index is 1280. The van der Waals surface area contributed by atoms with Crippen molar-refractivity contribution in [1.29, 1.82) is 0 Å². The van der Waals surface area contributed by atoms with Crippen molar-refractivity contribution in [3.63, 3.8) is 0 Å².